The number of carbonyl (C=O) groups is 2. The van der Waals surface area contributed by atoms with E-state index in [2.05, 4.69) is 13.8 Å². The highest BCUT2D eigenvalue weighted by atomic mass is 35.5. The van der Waals surface area contributed by atoms with Crippen LogP contribution in [0.3, 0.4) is 0 Å². The van der Waals surface area contributed by atoms with Gasteiger partial charge in [-0.1, -0.05) is 13.8 Å². The van der Waals surface area contributed by atoms with Gasteiger partial charge >= 0.3 is 6.09 Å². The van der Waals surface area contributed by atoms with Crippen molar-refractivity contribution >= 4 is 23.6 Å². The van der Waals surface area contributed by atoms with Gasteiger partial charge in [0, 0.05) is 49.3 Å². The number of halogens is 1. The van der Waals surface area contributed by atoms with Crippen LogP contribution in [0.1, 0.15) is 47.5 Å². The fourth-order valence-corrected chi connectivity index (χ4v) is 3.80. The summed E-state index contributed by atoms with van der Waals surface area (Å²) in [5.41, 5.74) is -0.652. The van der Waals surface area contributed by atoms with E-state index in [1.54, 1.807) is 4.90 Å². The molecular weight excluding hydrogens is 316 g/mol. The normalized spacial score (nSPS) is 30.5. The second-order valence-corrected chi connectivity index (χ2v) is 8.88. The van der Waals surface area contributed by atoms with E-state index < -0.39 is 5.60 Å². The molecule has 5 nitrogen and oxygen atoms in total. The largest absolute Gasteiger partial charge is 0.444 e. The van der Waals surface area contributed by atoms with Gasteiger partial charge in [-0.25, -0.2) is 4.79 Å². The summed E-state index contributed by atoms with van der Waals surface area (Å²) in [6.07, 6.45) is 0.967. The number of hydrogen-bond donors (Lipinski definition) is 0. The van der Waals surface area contributed by atoms with Gasteiger partial charge in [-0.2, -0.15) is 0 Å². The van der Waals surface area contributed by atoms with E-state index in [0.29, 0.717) is 44.9 Å². The molecule has 0 aromatic carbocycles. The smallest absolute Gasteiger partial charge is 0.410 e. The zero-order valence-electron chi connectivity index (χ0n) is 14.9. The highest BCUT2D eigenvalue weighted by molar-refractivity contribution is 6.17. The van der Waals surface area contributed by atoms with Crippen LogP contribution in [-0.4, -0.2) is 59.5 Å². The first kappa shape index (κ1) is 18.4. The number of carbonyl (C=O) groups excluding carboxylic acids is 2. The number of amides is 2. The van der Waals surface area contributed by atoms with E-state index in [1.165, 1.54) is 0 Å². The maximum atomic E-state index is 12.3. The Morgan fingerprint density at radius 2 is 1.52 bits per heavy atom. The third kappa shape index (κ3) is 3.76. The van der Waals surface area contributed by atoms with Crippen LogP contribution in [0.25, 0.3) is 0 Å². The topological polar surface area (TPSA) is 49.9 Å². The number of nitrogens with zero attached hydrogens (tertiary/aromatic N) is 2. The maximum absolute atomic E-state index is 12.3. The Kier molecular flexibility index (Phi) is 4.91. The maximum Gasteiger partial charge on any atom is 0.410 e. The molecule has 2 heterocycles. The highest BCUT2D eigenvalue weighted by Crippen LogP contribution is 2.51. The van der Waals surface area contributed by atoms with Crippen molar-refractivity contribution in [2.75, 3.05) is 32.1 Å². The van der Waals surface area contributed by atoms with Crippen molar-refractivity contribution in [2.24, 2.45) is 10.8 Å². The van der Waals surface area contributed by atoms with Crippen molar-refractivity contribution in [3.8, 4) is 0 Å². The van der Waals surface area contributed by atoms with Gasteiger partial charge in [0.15, 0.2) is 0 Å². The Balaban J connectivity index is 2.02. The van der Waals surface area contributed by atoms with Crippen LogP contribution in [-0.2, 0) is 9.53 Å². The van der Waals surface area contributed by atoms with Gasteiger partial charge < -0.3 is 14.5 Å². The van der Waals surface area contributed by atoms with Crippen molar-refractivity contribution in [2.45, 2.75) is 53.1 Å². The minimum absolute atomic E-state index is 0.0828. The lowest BCUT2D eigenvalue weighted by atomic mass is 9.71. The summed E-state index contributed by atoms with van der Waals surface area (Å²) in [5, 5.41) is 0. The molecule has 6 heteroatoms. The zero-order valence-corrected chi connectivity index (χ0v) is 15.7. The Labute approximate surface area is 144 Å². The summed E-state index contributed by atoms with van der Waals surface area (Å²) >= 11 is 5.68. The molecule has 2 rings (SSSR count). The van der Waals surface area contributed by atoms with Crippen LogP contribution < -0.4 is 0 Å². The van der Waals surface area contributed by atoms with Gasteiger partial charge in [-0.3, -0.25) is 4.79 Å². The number of ether oxygens (including phenoxy) is 1. The predicted molar refractivity (Wildman–Crippen MR) is 90.6 cm³/mol. The molecule has 2 unspecified atom stereocenters. The van der Waals surface area contributed by atoms with Gasteiger partial charge in [0.1, 0.15) is 5.60 Å². The molecule has 0 aromatic heterocycles. The monoisotopic (exact) mass is 344 g/mol. The molecule has 0 spiro atoms. The Morgan fingerprint density at radius 1 is 1.04 bits per heavy atom. The van der Waals surface area contributed by atoms with Gasteiger partial charge in [0.2, 0.25) is 5.91 Å². The second kappa shape index (κ2) is 6.15. The number of rotatable bonds is 3. The Morgan fingerprint density at radius 3 is 1.96 bits per heavy atom. The van der Waals surface area contributed by atoms with E-state index in [0.717, 1.165) is 0 Å². The lowest BCUT2D eigenvalue weighted by Crippen LogP contribution is -2.40. The van der Waals surface area contributed by atoms with E-state index in [9.17, 15) is 9.59 Å². The van der Waals surface area contributed by atoms with Crippen molar-refractivity contribution in [1.82, 2.24) is 9.80 Å². The molecule has 0 saturated carbocycles. The summed E-state index contributed by atoms with van der Waals surface area (Å²) in [7, 11) is 0. The summed E-state index contributed by atoms with van der Waals surface area (Å²) in [6, 6.07) is 0. The molecule has 23 heavy (non-hydrogen) atoms. The molecule has 0 N–H and O–H groups in total. The summed E-state index contributed by atoms with van der Waals surface area (Å²) in [4.78, 5) is 28.4. The first-order chi connectivity index (χ1) is 10.5. The first-order valence-electron chi connectivity index (χ1n) is 8.31. The van der Waals surface area contributed by atoms with E-state index in [-0.39, 0.29) is 22.8 Å². The van der Waals surface area contributed by atoms with Gasteiger partial charge in [-0.15, -0.1) is 11.6 Å². The van der Waals surface area contributed by atoms with Crippen molar-refractivity contribution in [1.29, 1.82) is 0 Å². The number of likely N-dealkylation sites (tertiary alicyclic amines) is 2. The van der Waals surface area contributed by atoms with E-state index in [4.69, 9.17) is 16.3 Å². The molecule has 2 saturated heterocycles. The fourth-order valence-electron chi connectivity index (χ4n) is 3.67. The van der Waals surface area contributed by atoms with Crippen LogP contribution in [0.5, 0.6) is 0 Å². The van der Waals surface area contributed by atoms with Crippen molar-refractivity contribution in [3.05, 3.63) is 0 Å². The molecule has 2 amide bonds. The Bertz CT molecular complexity index is 471. The predicted octanol–water partition coefficient (Wildman–Crippen LogP) is 3.11. The third-order valence-corrected chi connectivity index (χ3v) is 5.41. The first-order valence-corrected chi connectivity index (χ1v) is 8.85. The summed E-state index contributed by atoms with van der Waals surface area (Å²) in [6.45, 7) is 12.6. The third-order valence-electron chi connectivity index (χ3n) is 5.15. The lowest BCUT2D eigenvalue weighted by molar-refractivity contribution is -0.130. The molecule has 132 valence electrons. The minimum atomic E-state index is -0.486. The van der Waals surface area contributed by atoms with Crippen molar-refractivity contribution in [3.63, 3.8) is 0 Å². The molecule has 0 bridgehead atoms. The van der Waals surface area contributed by atoms with Crippen LogP contribution in [0, 0.1) is 10.8 Å². The lowest BCUT2D eigenvalue weighted by Gasteiger charge is -2.29. The van der Waals surface area contributed by atoms with Gasteiger partial charge in [0.25, 0.3) is 0 Å². The fraction of sp³-hybridized carbons (Fsp3) is 0.882. The van der Waals surface area contributed by atoms with Crippen LogP contribution >= 0.6 is 11.6 Å². The minimum Gasteiger partial charge on any atom is -0.444 e. The second-order valence-electron chi connectivity index (χ2n) is 8.50. The molecule has 0 aliphatic carbocycles. The Hall–Kier alpha value is -0.970. The van der Waals surface area contributed by atoms with Gasteiger partial charge in [-0.05, 0) is 27.2 Å². The van der Waals surface area contributed by atoms with E-state index in [1.807, 2.05) is 25.7 Å². The SMILES string of the molecule is CC(C)(C)OC(=O)N1CC2(C)CN(C(=O)CCCCl)CC2(C)C1. The van der Waals surface area contributed by atoms with Crippen molar-refractivity contribution < 1.29 is 14.3 Å². The average Bonchev–Trinajstić information content (AvgIpc) is 2.79. The average molecular weight is 345 g/mol. The van der Waals surface area contributed by atoms with Crippen LogP contribution in [0.2, 0.25) is 0 Å². The summed E-state index contributed by atoms with van der Waals surface area (Å²) in [5.74, 6) is 0.687. The molecule has 2 fully saturated rings. The molecule has 2 atom stereocenters. The van der Waals surface area contributed by atoms with Gasteiger partial charge in [0.05, 0.1) is 0 Å². The number of alkyl halides is 1. The quantitative estimate of drug-likeness (QED) is 0.739. The molecule has 2 aliphatic heterocycles. The molecular formula is C17H29ClN2O3. The highest BCUT2D eigenvalue weighted by Gasteiger charge is 2.59. The molecule has 2 aliphatic rings. The zero-order chi connectivity index (χ0) is 17.5. The molecule has 0 radical (unpaired) electrons. The number of hydrogen-bond acceptors (Lipinski definition) is 3. The molecule has 0 aromatic rings. The number of fused-ring (bicyclic) bond motifs is 1. The summed E-state index contributed by atoms with van der Waals surface area (Å²) < 4.78 is 5.50. The van der Waals surface area contributed by atoms with Crippen LogP contribution in [0.4, 0.5) is 4.79 Å². The van der Waals surface area contributed by atoms with E-state index >= 15 is 0 Å². The van der Waals surface area contributed by atoms with Crippen LogP contribution in [0.15, 0.2) is 0 Å². The standard InChI is InChI=1S/C17H29ClN2O3/c1-15(2,3)23-14(22)20-11-16(4)9-19(10-17(16,5)12-20)13(21)7-6-8-18/h6-12H2,1-5H3.